The van der Waals surface area contributed by atoms with Crippen molar-refractivity contribution < 1.29 is 17.9 Å². The molecule has 0 aliphatic rings. The zero-order valence-electron chi connectivity index (χ0n) is 18.4. The molecule has 0 saturated carbocycles. The predicted molar refractivity (Wildman–Crippen MR) is 124 cm³/mol. The Hall–Kier alpha value is -2.84. The number of aryl methyl sites for hydroxylation is 1. The normalized spacial score (nSPS) is 11.9. The standard InChI is InChI=1S/C23H26ClN3O4S/c1-16-12-19(14-26-21(16)24)32(29,30)27-15-17(10-11-25-22(28)31-23(2,3)4)13-20(27)18-8-6-5-7-9-18/h5-9,12-15H,10-11H2,1-4H3,(H,25,28). The molecule has 0 fully saturated rings. The molecule has 2 aromatic heterocycles. The maximum absolute atomic E-state index is 13.4. The summed E-state index contributed by atoms with van der Waals surface area (Å²) < 4.78 is 33.4. The van der Waals surface area contributed by atoms with Crippen LogP contribution in [0, 0.1) is 6.92 Å². The number of pyridine rings is 1. The zero-order chi connectivity index (χ0) is 23.5. The van der Waals surface area contributed by atoms with Crippen LogP contribution in [0.25, 0.3) is 11.3 Å². The smallest absolute Gasteiger partial charge is 0.407 e. The molecule has 3 rings (SSSR count). The number of ether oxygens (including phenoxy) is 1. The molecule has 0 unspecified atom stereocenters. The largest absolute Gasteiger partial charge is 0.444 e. The first-order valence-corrected chi connectivity index (χ1v) is 11.9. The highest BCUT2D eigenvalue weighted by Crippen LogP contribution is 2.28. The second-order valence-electron chi connectivity index (χ2n) is 8.36. The highest BCUT2D eigenvalue weighted by molar-refractivity contribution is 7.90. The van der Waals surface area contributed by atoms with Crippen LogP contribution in [-0.2, 0) is 21.2 Å². The second kappa shape index (κ2) is 9.34. The number of aromatic nitrogens is 2. The van der Waals surface area contributed by atoms with Crippen LogP contribution in [0.15, 0.2) is 59.8 Å². The summed E-state index contributed by atoms with van der Waals surface area (Å²) in [6.45, 7) is 7.37. The molecule has 2 heterocycles. The summed E-state index contributed by atoms with van der Waals surface area (Å²) in [5.41, 5.74) is 2.00. The maximum Gasteiger partial charge on any atom is 0.407 e. The van der Waals surface area contributed by atoms with Crippen molar-refractivity contribution in [2.75, 3.05) is 6.54 Å². The topological polar surface area (TPSA) is 90.3 Å². The van der Waals surface area contributed by atoms with Gasteiger partial charge in [-0.15, -0.1) is 0 Å². The van der Waals surface area contributed by atoms with Gasteiger partial charge in [-0.25, -0.2) is 22.2 Å². The van der Waals surface area contributed by atoms with Crippen LogP contribution in [0.4, 0.5) is 4.79 Å². The number of nitrogens with one attached hydrogen (secondary N) is 1. The van der Waals surface area contributed by atoms with Crippen molar-refractivity contribution in [2.24, 2.45) is 0 Å². The highest BCUT2D eigenvalue weighted by Gasteiger charge is 2.23. The number of carbonyl (C=O) groups is 1. The first-order chi connectivity index (χ1) is 15.0. The van der Waals surface area contributed by atoms with E-state index in [1.165, 1.54) is 16.2 Å². The maximum atomic E-state index is 13.4. The quantitative estimate of drug-likeness (QED) is 0.516. The fraction of sp³-hybridized carbons (Fsp3) is 0.304. The van der Waals surface area contributed by atoms with E-state index >= 15 is 0 Å². The first kappa shape index (κ1) is 23.8. The molecule has 0 saturated heterocycles. The molecule has 0 aliphatic heterocycles. The lowest BCUT2D eigenvalue weighted by molar-refractivity contribution is 0.0528. The number of halogens is 1. The van der Waals surface area contributed by atoms with Crippen molar-refractivity contribution in [3.05, 3.63) is 71.1 Å². The molecular formula is C23H26ClN3O4S. The Balaban J connectivity index is 1.92. The van der Waals surface area contributed by atoms with Crippen LogP contribution in [0.3, 0.4) is 0 Å². The summed E-state index contributed by atoms with van der Waals surface area (Å²) in [6.07, 6.45) is 2.73. The predicted octanol–water partition coefficient (Wildman–Crippen LogP) is 4.82. The summed E-state index contributed by atoms with van der Waals surface area (Å²) in [5, 5.41) is 2.95. The van der Waals surface area contributed by atoms with Gasteiger partial charge in [0.15, 0.2) is 0 Å². The van der Waals surface area contributed by atoms with Crippen molar-refractivity contribution in [3.8, 4) is 11.3 Å². The number of hydrogen-bond acceptors (Lipinski definition) is 5. The van der Waals surface area contributed by atoms with Crippen LogP contribution in [0.5, 0.6) is 0 Å². The molecule has 0 spiro atoms. The van der Waals surface area contributed by atoms with E-state index in [0.29, 0.717) is 24.2 Å². The van der Waals surface area contributed by atoms with E-state index in [-0.39, 0.29) is 10.0 Å². The van der Waals surface area contributed by atoms with Crippen LogP contribution in [0.1, 0.15) is 31.9 Å². The Kier molecular flexibility index (Phi) is 6.95. The van der Waals surface area contributed by atoms with Crippen LogP contribution < -0.4 is 5.32 Å². The van der Waals surface area contributed by atoms with Crippen LogP contribution in [-0.4, -0.2) is 35.6 Å². The molecule has 0 aliphatic carbocycles. The SMILES string of the molecule is Cc1cc(S(=O)(=O)n2cc(CCNC(=O)OC(C)(C)C)cc2-c2ccccc2)cnc1Cl. The van der Waals surface area contributed by atoms with Gasteiger partial charge < -0.3 is 10.1 Å². The molecule has 7 nitrogen and oxygen atoms in total. The number of amides is 1. The monoisotopic (exact) mass is 475 g/mol. The van der Waals surface area contributed by atoms with Gasteiger partial charge in [0.05, 0.1) is 5.69 Å². The Bertz CT molecular complexity index is 1220. The number of alkyl carbamates (subject to hydrolysis) is 1. The third kappa shape index (κ3) is 5.69. The minimum absolute atomic E-state index is 0.0469. The minimum Gasteiger partial charge on any atom is -0.444 e. The Morgan fingerprint density at radius 2 is 1.88 bits per heavy atom. The number of hydrogen-bond donors (Lipinski definition) is 1. The molecule has 0 radical (unpaired) electrons. The van der Waals surface area contributed by atoms with Gasteiger partial charge in [0.25, 0.3) is 10.0 Å². The van der Waals surface area contributed by atoms with E-state index in [4.69, 9.17) is 16.3 Å². The molecule has 1 amide bonds. The summed E-state index contributed by atoms with van der Waals surface area (Å²) in [6, 6.07) is 12.5. The highest BCUT2D eigenvalue weighted by atomic mass is 35.5. The van der Waals surface area contributed by atoms with Crippen molar-refractivity contribution in [1.82, 2.24) is 14.3 Å². The van der Waals surface area contributed by atoms with Gasteiger partial charge in [0.1, 0.15) is 15.6 Å². The molecule has 1 N–H and O–H groups in total. The molecule has 32 heavy (non-hydrogen) atoms. The molecule has 0 atom stereocenters. The zero-order valence-corrected chi connectivity index (χ0v) is 20.0. The Morgan fingerprint density at radius 1 is 1.19 bits per heavy atom. The second-order valence-corrected chi connectivity index (χ2v) is 10.5. The van der Waals surface area contributed by atoms with Gasteiger partial charge in [-0.05, 0) is 62.9 Å². The third-order valence-corrected chi connectivity index (χ3v) is 6.57. The Morgan fingerprint density at radius 3 is 2.50 bits per heavy atom. The van der Waals surface area contributed by atoms with Crippen molar-refractivity contribution in [2.45, 2.75) is 44.6 Å². The third-order valence-electron chi connectivity index (χ3n) is 4.54. The molecule has 0 bridgehead atoms. The van der Waals surface area contributed by atoms with Crippen LogP contribution >= 0.6 is 11.6 Å². The van der Waals surface area contributed by atoms with Gasteiger partial charge >= 0.3 is 6.09 Å². The van der Waals surface area contributed by atoms with Crippen molar-refractivity contribution >= 4 is 27.7 Å². The van der Waals surface area contributed by atoms with E-state index in [0.717, 1.165) is 11.1 Å². The average Bonchev–Trinajstić information content (AvgIpc) is 3.14. The number of benzene rings is 1. The van der Waals surface area contributed by atoms with Crippen molar-refractivity contribution in [3.63, 3.8) is 0 Å². The van der Waals surface area contributed by atoms with Gasteiger partial charge in [-0.3, -0.25) is 0 Å². The molecule has 170 valence electrons. The van der Waals surface area contributed by atoms with Gasteiger partial charge in [0.2, 0.25) is 0 Å². The van der Waals surface area contributed by atoms with Gasteiger partial charge in [0, 0.05) is 18.9 Å². The lowest BCUT2D eigenvalue weighted by atomic mass is 10.1. The van der Waals surface area contributed by atoms with E-state index in [2.05, 4.69) is 10.3 Å². The first-order valence-electron chi connectivity index (χ1n) is 10.1. The van der Waals surface area contributed by atoms with Gasteiger partial charge in [-0.2, -0.15) is 0 Å². The number of rotatable bonds is 6. The fourth-order valence-electron chi connectivity index (χ4n) is 3.06. The summed E-state index contributed by atoms with van der Waals surface area (Å²) in [5.74, 6) is 0. The number of carbonyl (C=O) groups excluding carboxylic acids is 1. The van der Waals surface area contributed by atoms with Gasteiger partial charge in [-0.1, -0.05) is 41.9 Å². The van der Waals surface area contributed by atoms with E-state index in [1.54, 1.807) is 40.0 Å². The molecule has 9 heteroatoms. The lowest BCUT2D eigenvalue weighted by Crippen LogP contribution is -2.33. The Labute approximate surface area is 193 Å². The van der Waals surface area contributed by atoms with Crippen LogP contribution in [0.2, 0.25) is 5.15 Å². The average molecular weight is 476 g/mol. The van der Waals surface area contributed by atoms with E-state index < -0.39 is 21.7 Å². The van der Waals surface area contributed by atoms with Crippen molar-refractivity contribution in [1.29, 1.82) is 0 Å². The summed E-state index contributed by atoms with van der Waals surface area (Å²) >= 11 is 5.97. The lowest BCUT2D eigenvalue weighted by Gasteiger charge is -2.19. The molecule has 3 aromatic rings. The number of nitrogens with zero attached hydrogens (tertiary/aromatic N) is 2. The molecule has 1 aromatic carbocycles. The minimum atomic E-state index is -3.92. The van der Waals surface area contributed by atoms with E-state index in [1.807, 2.05) is 30.3 Å². The molecular weight excluding hydrogens is 450 g/mol. The summed E-state index contributed by atoms with van der Waals surface area (Å²) in [4.78, 5) is 15.9. The van der Waals surface area contributed by atoms with E-state index in [9.17, 15) is 13.2 Å². The summed E-state index contributed by atoms with van der Waals surface area (Å²) in [7, 11) is -3.92. The fourth-order valence-corrected chi connectivity index (χ4v) is 4.60.